The van der Waals surface area contributed by atoms with Crippen LogP contribution in [-0.2, 0) is 30.9 Å². The molecule has 2 aliphatic rings. The minimum Gasteiger partial charge on any atom is -0.353 e. The van der Waals surface area contributed by atoms with E-state index in [0.29, 0.717) is 51.3 Å². The minimum absolute atomic E-state index is 0.0568. The van der Waals surface area contributed by atoms with E-state index < -0.39 is 11.7 Å². The lowest BCUT2D eigenvalue weighted by molar-refractivity contribution is -0.138. The van der Waals surface area contributed by atoms with Gasteiger partial charge in [-0.2, -0.15) is 18.3 Å². The van der Waals surface area contributed by atoms with Crippen LogP contribution in [0.4, 0.5) is 19.0 Å². The van der Waals surface area contributed by atoms with Crippen LogP contribution in [0.1, 0.15) is 23.2 Å². The van der Waals surface area contributed by atoms with E-state index >= 15 is 0 Å². The third-order valence-electron chi connectivity index (χ3n) is 5.79. The van der Waals surface area contributed by atoms with Gasteiger partial charge in [0.25, 0.3) is 5.56 Å². The van der Waals surface area contributed by atoms with Crippen molar-refractivity contribution >= 4 is 11.7 Å². The summed E-state index contributed by atoms with van der Waals surface area (Å²) in [4.78, 5) is 32.4. The van der Waals surface area contributed by atoms with Gasteiger partial charge in [0.2, 0.25) is 5.91 Å². The highest BCUT2D eigenvalue weighted by atomic mass is 19.4. The van der Waals surface area contributed by atoms with Crippen LogP contribution in [0.15, 0.2) is 29.2 Å². The van der Waals surface area contributed by atoms with Crippen molar-refractivity contribution in [2.75, 3.05) is 31.1 Å². The topological polar surface area (TPSA) is 71.3 Å². The highest BCUT2D eigenvalue weighted by Crippen LogP contribution is 2.30. The van der Waals surface area contributed by atoms with E-state index in [4.69, 9.17) is 0 Å². The van der Waals surface area contributed by atoms with Gasteiger partial charge in [-0.1, -0.05) is 0 Å². The first kappa shape index (κ1) is 20.4. The Kier molecular flexibility index (Phi) is 5.25. The van der Waals surface area contributed by atoms with Gasteiger partial charge < -0.3 is 9.80 Å². The predicted molar refractivity (Wildman–Crippen MR) is 103 cm³/mol. The van der Waals surface area contributed by atoms with Crippen molar-refractivity contribution in [1.29, 1.82) is 0 Å². The smallest absolute Gasteiger partial charge is 0.353 e. The van der Waals surface area contributed by atoms with Crippen molar-refractivity contribution in [2.45, 2.75) is 25.4 Å². The first-order valence-corrected chi connectivity index (χ1v) is 9.85. The van der Waals surface area contributed by atoms with Gasteiger partial charge >= 0.3 is 6.18 Å². The highest BCUT2D eigenvalue weighted by Gasteiger charge is 2.33. The van der Waals surface area contributed by atoms with Gasteiger partial charge in [-0.15, -0.1) is 0 Å². The Morgan fingerprint density at radius 2 is 1.90 bits per heavy atom. The summed E-state index contributed by atoms with van der Waals surface area (Å²) in [6, 6.07) is 3.96. The number of nitrogens with zero attached hydrogens (tertiary/aromatic N) is 5. The summed E-state index contributed by atoms with van der Waals surface area (Å²) in [6.07, 6.45) is -1.70. The lowest BCUT2D eigenvalue weighted by Gasteiger charge is -2.37. The third-order valence-corrected chi connectivity index (χ3v) is 5.79. The second-order valence-corrected chi connectivity index (χ2v) is 7.73. The fourth-order valence-corrected chi connectivity index (χ4v) is 4.05. The minimum atomic E-state index is -4.41. The fourth-order valence-electron chi connectivity index (χ4n) is 4.05. The van der Waals surface area contributed by atoms with Crippen LogP contribution < -0.4 is 10.5 Å². The molecule has 0 saturated carbocycles. The standard InChI is InChI=1S/C20H22F3N5O2/c1-26-18(29)11-14-10-13(2-4-16(14)25-26)19(30)28-8-6-27(7-9-28)17-5-3-15(12-24-17)20(21,22)23/h3,5,11-13H,2,4,6-10H2,1H3/t13-/m0/s1. The lowest BCUT2D eigenvalue weighted by atomic mass is 9.86. The fraction of sp³-hybridized carbons (Fsp3) is 0.500. The Hall–Kier alpha value is -2.91. The summed E-state index contributed by atoms with van der Waals surface area (Å²) in [5, 5.41) is 4.28. The van der Waals surface area contributed by atoms with Crippen LogP contribution in [-0.4, -0.2) is 51.8 Å². The molecule has 160 valence electrons. The van der Waals surface area contributed by atoms with Crippen molar-refractivity contribution in [3.05, 3.63) is 51.6 Å². The van der Waals surface area contributed by atoms with Crippen molar-refractivity contribution < 1.29 is 18.0 Å². The molecule has 30 heavy (non-hydrogen) atoms. The average molecular weight is 421 g/mol. The quantitative estimate of drug-likeness (QED) is 0.738. The molecule has 0 spiro atoms. The number of piperazine rings is 1. The molecular weight excluding hydrogens is 399 g/mol. The summed E-state index contributed by atoms with van der Waals surface area (Å²) in [5.74, 6) is 0.354. The maximum atomic E-state index is 13.0. The van der Waals surface area contributed by atoms with Crippen LogP contribution in [0, 0.1) is 5.92 Å². The molecule has 7 nitrogen and oxygen atoms in total. The molecular formula is C20H22F3N5O2. The summed E-state index contributed by atoms with van der Waals surface area (Å²) in [7, 11) is 1.62. The van der Waals surface area contributed by atoms with E-state index in [1.807, 2.05) is 4.90 Å². The maximum absolute atomic E-state index is 13.0. The van der Waals surface area contributed by atoms with Crippen LogP contribution in [0.25, 0.3) is 0 Å². The van der Waals surface area contributed by atoms with Crippen LogP contribution in [0.3, 0.4) is 0 Å². The third kappa shape index (κ3) is 4.03. The van der Waals surface area contributed by atoms with Crippen LogP contribution >= 0.6 is 0 Å². The van der Waals surface area contributed by atoms with E-state index in [1.54, 1.807) is 18.0 Å². The number of hydrogen-bond donors (Lipinski definition) is 0. The monoisotopic (exact) mass is 421 g/mol. The van der Waals surface area contributed by atoms with Crippen molar-refractivity contribution in [1.82, 2.24) is 19.7 Å². The molecule has 0 bridgehead atoms. The van der Waals surface area contributed by atoms with Crippen molar-refractivity contribution in [3.63, 3.8) is 0 Å². The summed E-state index contributed by atoms with van der Waals surface area (Å²) in [6.45, 7) is 1.99. The number of carbonyl (C=O) groups excluding carboxylic acids is 1. The summed E-state index contributed by atoms with van der Waals surface area (Å²) >= 11 is 0. The lowest BCUT2D eigenvalue weighted by Crippen LogP contribution is -2.51. The van der Waals surface area contributed by atoms with Gasteiger partial charge in [-0.05, 0) is 37.0 Å². The number of halogens is 3. The molecule has 0 aromatic carbocycles. The zero-order valence-electron chi connectivity index (χ0n) is 16.5. The first-order chi connectivity index (χ1) is 14.2. The van der Waals surface area contributed by atoms with E-state index in [-0.39, 0.29) is 17.4 Å². The number of pyridine rings is 1. The van der Waals surface area contributed by atoms with E-state index in [0.717, 1.165) is 23.5 Å². The second kappa shape index (κ2) is 7.73. The Bertz CT molecular complexity index is 995. The number of hydrogen-bond acceptors (Lipinski definition) is 5. The molecule has 3 heterocycles. The number of carbonyl (C=O) groups is 1. The van der Waals surface area contributed by atoms with E-state index in [1.165, 1.54) is 10.7 Å². The molecule has 1 aliphatic carbocycles. The molecule has 2 aromatic heterocycles. The molecule has 10 heteroatoms. The van der Waals surface area contributed by atoms with Gasteiger partial charge in [0, 0.05) is 51.4 Å². The van der Waals surface area contributed by atoms with Crippen LogP contribution in [0.5, 0.6) is 0 Å². The Balaban J connectivity index is 1.36. The Morgan fingerprint density at radius 3 is 2.53 bits per heavy atom. The molecule has 0 unspecified atom stereocenters. The summed E-state index contributed by atoms with van der Waals surface area (Å²) < 4.78 is 39.4. The average Bonchev–Trinajstić information content (AvgIpc) is 2.73. The molecule has 1 saturated heterocycles. The number of rotatable bonds is 2. The number of aryl methyl sites for hydroxylation is 2. The SMILES string of the molecule is Cn1nc2c(cc1=O)C[C@@H](C(=O)N1CCN(c3ccc(C(F)(F)F)cn3)CC1)CC2. The van der Waals surface area contributed by atoms with Gasteiger partial charge in [0.05, 0.1) is 11.3 Å². The molecule has 0 radical (unpaired) electrons. The zero-order chi connectivity index (χ0) is 21.5. The number of alkyl halides is 3. The van der Waals surface area contributed by atoms with Gasteiger partial charge in [-0.25, -0.2) is 9.67 Å². The number of aromatic nitrogens is 3. The van der Waals surface area contributed by atoms with Crippen molar-refractivity contribution in [3.8, 4) is 0 Å². The number of amides is 1. The summed E-state index contributed by atoms with van der Waals surface area (Å²) in [5.41, 5.74) is 0.760. The first-order valence-electron chi connectivity index (χ1n) is 9.85. The highest BCUT2D eigenvalue weighted by molar-refractivity contribution is 5.79. The Labute approximate surface area is 171 Å². The molecule has 1 atom stereocenters. The van der Waals surface area contributed by atoms with Gasteiger partial charge in [0.1, 0.15) is 5.82 Å². The predicted octanol–water partition coefficient (Wildman–Crippen LogP) is 1.65. The molecule has 4 rings (SSSR count). The van der Waals surface area contributed by atoms with Crippen LogP contribution in [0.2, 0.25) is 0 Å². The second-order valence-electron chi connectivity index (χ2n) is 7.73. The maximum Gasteiger partial charge on any atom is 0.417 e. The van der Waals surface area contributed by atoms with Gasteiger partial charge in [0.15, 0.2) is 0 Å². The van der Waals surface area contributed by atoms with Gasteiger partial charge in [-0.3, -0.25) is 9.59 Å². The zero-order valence-corrected chi connectivity index (χ0v) is 16.5. The Morgan fingerprint density at radius 1 is 1.17 bits per heavy atom. The largest absolute Gasteiger partial charge is 0.417 e. The molecule has 2 aromatic rings. The normalized spacial score (nSPS) is 19.5. The van der Waals surface area contributed by atoms with E-state index in [2.05, 4.69) is 10.1 Å². The van der Waals surface area contributed by atoms with E-state index in [9.17, 15) is 22.8 Å². The number of fused-ring (bicyclic) bond motifs is 1. The molecule has 1 fully saturated rings. The molecule has 1 amide bonds. The number of anilines is 1. The molecule has 0 N–H and O–H groups in total. The molecule has 1 aliphatic heterocycles. The van der Waals surface area contributed by atoms with Crippen molar-refractivity contribution in [2.24, 2.45) is 13.0 Å².